The predicted molar refractivity (Wildman–Crippen MR) is 116 cm³/mol. The molecule has 3 aromatic rings. The van der Waals surface area contributed by atoms with Crippen molar-refractivity contribution in [3.8, 4) is 22.6 Å². The minimum Gasteiger partial charge on any atom is -0.507 e. The first-order chi connectivity index (χ1) is 13.3. The summed E-state index contributed by atoms with van der Waals surface area (Å²) in [6.45, 7) is 5.65. The summed E-state index contributed by atoms with van der Waals surface area (Å²) >= 11 is 3.64. The number of phenols is 1. The van der Waals surface area contributed by atoms with Crippen molar-refractivity contribution < 1.29 is 14.6 Å². The highest BCUT2D eigenvalue weighted by molar-refractivity contribution is 9.10. The zero-order valence-corrected chi connectivity index (χ0v) is 17.8. The van der Waals surface area contributed by atoms with Crippen molar-refractivity contribution in [1.82, 2.24) is 0 Å². The molecule has 0 aliphatic rings. The van der Waals surface area contributed by atoms with Gasteiger partial charge in [0.2, 0.25) is 0 Å². The van der Waals surface area contributed by atoms with Crippen molar-refractivity contribution in [3.63, 3.8) is 0 Å². The van der Waals surface area contributed by atoms with Crippen LogP contribution < -0.4 is 4.74 Å². The number of ketones is 1. The third-order valence-electron chi connectivity index (χ3n) is 4.61. The highest BCUT2D eigenvalue weighted by Crippen LogP contribution is 2.33. The van der Waals surface area contributed by atoms with Crippen LogP contribution in [0.2, 0.25) is 0 Å². The molecule has 0 saturated heterocycles. The normalized spacial score (nSPS) is 10.7. The summed E-state index contributed by atoms with van der Waals surface area (Å²) in [7, 11) is 0. The largest absolute Gasteiger partial charge is 0.507 e. The second kappa shape index (κ2) is 8.61. The Morgan fingerprint density at radius 2 is 1.86 bits per heavy atom. The zero-order chi connectivity index (χ0) is 20.3. The van der Waals surface area contributed by atoms with Crippen LogP contribution in [0.15, 0.2) is 59.1 Å². The Hall–Kier alpha value is -2.59. The molecule has 0 atom stereocenters. The fourth-order valence-electron chi connectivity index (χ4n) is 3.18. The molecule has 4 heteroatoms. The van der Waals surface area contributed by atoms with E-state index in [1.165, 1.54) is 6.92 Å². The van der Waals surface area contributed by atoms with Gasteiger partial charge in [0.1, 0.15) is 18.1 Å². The molecule has 0 unspecified atom stereocenters. The molecule has 0 bridgehead atoms. The number of phenolic OH excluding ortho intramolecular Hbond substituents is 1. The number of halogens is 1. The van der Waals surface area contributed by atoms with E-state index in [1.807, 2.05) is 56.3 Å². The molecule has 0 amide bonds. The number of rotatable bonds is 6. The Morgan fingerprint density at radius 3 is 2.54 bits per heavy atom. The summed E-state index contributed by atoms with van der Waals surface area (Å²) in [4.78, 5) is 11.1. The fourth-order valence-corrected chi connectivity index (χ4v) is 3.85. The van der Waals surface area contributed by atoms with Crippen LogP contribution in [0, 0.1) is 13.8 Å². The van der Waals surface area contributed by atoms with E-state index in [1.54, 1.807) is 6.07 Å². The standard InChI is InChI=1S/C24H23BrO3/c1-15-5-4-6-19(9-15)22-12-18(7-8-24(22)27)11-21-16(2)10-20(13-23(21)25)28-14-17(3)26/h4-10,12-13,27H,11,14H2,1-3H3. The van der Waals surface area contributed by atoms with Crippen molar-refractivity contribution in [3.05, 3.63) is 81.3 Å². The molecule has 0 radical (unpaired) electrons. The SMILES string of the molecule is CC(=O)COc1cc(C)c(Cc2ccc(O)c(-c3cccc(C)c3)c2)c(Br)c1. The Morgan fingerprint density at radius 1 is 1.07 bits per heavy atom. The Labute approximate surface area is 174 Å². The number of carbonyl (C=O) groups excluding carboxylic acids is 1. The first kappa shape index (κ1) is 20.2. The molecule has 0 fully saturated rings. The smallest absolute Gasteiger partial charge is 0.167 e. The number of benzene rings is 3. The van der Waals surface area contributed by atoms with Gasteiger partial charge in [0, 0.05) is 10.0 Å². The maximum atomic E-state index is 11.1. The highest BCUT2D eigenvalue weighted by atomic mass is 79.9. The van der Waals surface area contributed by atoms with Crippen LogP contribution >= 0.6 is 15.9 Å². The monoisotopic (exact) mass is 438 g/mol. The van der Waals surface area contributed by atoms with Crippen molar-refractivity contribution in [1.29, 1.82) is 0 Å². The summed E-state index contributed by atoms with van der Waals surface area (Å²) in [6.07, 6.45) is 0.721. The Kier molecular flexibility index (Phi) is 6.20. The van der Waals surface area contributed by atoms with Crippen LogP contribution in [0.1, 0.15) is 29.2 Å². The molecule has 0 aliphatic heterocycles. The molecule has 0 aromatic heterocycles. The summed E-state index contributed by atoms with van der Waals surface area (Å²) in [6, 6.07) is 17.7. The Balaban J connectivity index is 1.90. The van der Waals surface area contributed by atoms with Gasteiger partial charge in [-0.2, -0.15) is 0 Å². The van der Waals surface area contributed by atoms with Crippen LogP contribution in [-0.2, 0) is 11.2 Å². The number of ether oxygens (including phenoxy) is 1. The lowest BCUT2D eigenvalue weighted by atomic mass is 9.96. The van der Waals surface area contributed by atoms with Gasteiger partial charge in [-0.05, 0) is 73.7 Å². The summed E-state index contributed by atoms with van der Waals surface area (Å²) in [5.74, 6) is 0.943. The molecule has 0 saturated carbocycles. The first-order valence-electron chi connectivity index (χ1n) is 9.13. The van der Waals surface area contributed by atoms with Gasteiger partial charge in [-0.1, -0.05) is 51.8 Å². The number of carbonyl (C=O) groups is 1. The van der Waals surface area contributed by atoms with Crippen LogP contribution in [-0.4, -0.2) is 17.5 Å². The molecule has 0 heterocycles. The fraction of sp³-hybridized carbons (Fsp3) is 0.208. The average molecular weight is 439 g/mol. The van der Waals surface area contributed by atoms with E-state index in [2.05, 4.69) is 22.0 Å². The van der Waals surface area contributed by atoms with E-state index in [0.29, 0.717) is 5.75 Å². The van der Waals surface area contributed by atoms with E-state index in [9.17, 15) is 9.90 Å². The van der Waals surface area contributed by atoms with Crippen molar-refractivity contribution >= 4 is 21.7 Å². The number of aromatic hydroxyl groups is 1. The molecule has 0 spiro atoms. The average Bonchev–Trinajstić information content (AvgIpc) is 2.64. The third-order valence-corrected chi connectivity index (χ3v) is 5.31. The van der Waals surface area contributed by atoms with E-state index < -0.39 is 0 Å². The van der Waals surface area contributed by atoms with Gasteiger partial charge in [-0.3, -0.25) is 4.79 Å². The van der Waals surface area contributed by atoms with E-state index in [-0.39, 0.29) is 18.1 Å². The third kappa shape index (κ3) is 4.82. The summed E-state index contributed by atoms with van der Waals surface area (Å²) in [5, 5.41) is 10.3. The Bertz CT molecular complexity index is 1000. The topological polar surface area (TPSA) is 46.5 Å². The number of hydrogen-bond acceptors (Lipinski definition) is 3. The van der Waals surface area contributed by atoms with Gasteiger partial charge in [0.05, 0.1) is 0 Å². The van der Waals surface area contributed by atoms with Gasteiger partial charge < -0.3 is 9.84 Å². The number of hydrogen-bond donors (Lipinski definition) is 1. The van der Waals surface area contributed by atoms with Gasteiger partial charge >= 0.3 is 0 Å². The molecule has 3 aromatic carbocycles. The number of Topliss-reactive ketones (excluding diaryl/α,β-unsaturated/α-hetero) is 1. The van der Waals surface area contributed by atoms with E-state index in [0.717, 1.165) is 44.3 Å². The second-order valence-corrected chi connectivity index (χ2v) is 7.94. The lowest BCUT2D eigenvalue weighted by molar-refractivity contribution is -0.118. The maximum absolute atomic E-state index is 11.1. The lowest BCUT2D eigenvalue weighted by Gasteiger charge is -2.14. The molecule has 1 N–H and O–H groups in total. The minimum absolute atomic E-state index is 0.00868. The molecular formula is C24H23BrO3. The van der Waals surface area contributed by atoms with Gasteiger partial charge in [-0.25, -0.2) is 0 Å². The van der Waals surface area contributed by atoms with Crippen LogP contribution in [0.25, 0.3) is 11.1 Å². The maximum Gasteiger partial charge on any atom is 0.167 e. The van der Waals surface area contributed by atoms with Crippen LogP contribution in [0.4, 0.5) is 0 Å². The van der Waals surface area contributed by atoms with Crippen molar-refractivity contribution in [2.45, 2.75) is 27.2 Å². The molecular weight excluding hydrogens is 416 g/mol. The minimum atomic E-state index is -0.00868. The summed E-state index contributed by atoms with van der Waals surface area (Å²) < 4.78 is 6.47. The van der Waals surface area contributed by atoms with Crippen molar-refractivity contribution in [2.75, 3.05) is 6.61 Å². The predicted octanol–water partition coefficient (Wildman–Crippen LogP) is 6.00. The molecule has 3 rings (SSSR count). The van der Waals surface area contributed by atoms with Gasteiger partial charge in [0.25, 0.3) is 0 Å². The number of aryl methyl sites for hydroxylation is 2. The zero-order valence-electron chi connectivity index (χ0n) is 16.3. The van der Waals surface area contributed by atoms with Gasteiger partial charge in [0.15, 0.2) is 5.78 Å². The summed E-state index contributed by atoms with van der Waals surface area (Å²) in [5.41, 5.74) is 6.33. The van der Waals surface area contributed by atoms with Crippen LogP contribution in [0.3, 0.4) is 0 Å². The lowest BCUT2D eigenvalue weighted by Crippen LogP contribution is -2.07. The van der Waals surface area contributed by atoms with Gasteiger partial charge in [-0.15, -0.1) is 0 Å². The van der Waals surface area contributed by atoms with E-state index in [4.69, 9.17) is 4.74 Å². The highest BCUT2D eigenvalue weighted by Gasteiger charge is 2.11. The van der Waals surface area contributed by atoms with E-state index >= 15 is 0 Å². The van der Waals surface area contributed by atoms with Crippen molar-refractivity contribution in [2.24, 2.45) is 0 Å². The van der Waals surface area contributed by atoms with Crippen LogP contribution in [0.5, 0.6) is 11.5 Å². The molecule has 144 valence electrons. The molecule has 28 heavy (non-hydrogen) atoms. The molecule has 3 nitrogen and oxygen atoms in total. The second-order valence-electron chi connectivity index (χ2n) is 7.09. The molecule has 0 aliphatic carbocycles. The quantitative estimate of drug-likeness (QED) is 0.513. The first-order valence-corrected chi connectivity index (χ1v) is 9.93.